The van der Waals surface area contributed by atoms with Crippen LogP contribution in [0.1, 0.15) is 26.3 Å². The number of halogens is 1. The molecule has 0 heterocycles. The number of rotatable bonds is 6. The third-order valence-electron chi connectivity index (χ3n) is 3.49. The van der Waals surface area contributed by atoms with Crippen molar-refractivity contribution in [3.63, 3.8) is 0 Å². The minimum absolute atomic E-state index is 0.128. The Labute approximate surface area is 164 Å². The van der Waals surface area contributed by atoms with E-state index < -0.39 is 15.6 Å². The van der Waals surface area contributed by atoms with Crippen LogP contribution in [0.2, 0.25) is 5.02 Å². The number of amides is 1. The fourth-order valence-electron chi connectivity index (χ4n) is 2.26. The summed E-state index contributed by atoms with van der Waals surface area (Å²) in [6, 6.07) is 11.1. The monoisotopic (exact) mass is 410 g/mol. The molecule has 0 spiro atoms. The van der Waals surface area contributed by atoms with E-state index in [4.69, 9.17) is 16.3 Å². The molecule has 0 aromatic heterocycles. The van der Waals surface area contributed by atoms with E-state index in [9.17, 15) is 13.2 Å². The molecule has 0 bridgehead atoms. The normalized spacial score (nSPS) is 11.9. The second-order valence-electron chi connectivity index (χ2n) is 7.08. The summed E-state index contributed by atoms with van der Waals surface area (Å²) >= 11 is 6.03. The van der Waals surface area contributed by atoms with Gasteiger partial charge < -0.3 is 10.1 Å². The van der Waals surface area contributed by atoms with Crippen molar-refractivity contribution >= 4 is 33.2 Å². The predicted octanol–water partition coefficient (Wildman–Crippen LogP) is 3.74. The molecule has 0 aliphatic carbocycles. The van der Waals surface area contributed by atoms with Crippen molar-refractivity contribution in [2.24, 2.45) is 0 Å². The SMILES string of the molecule is Cc1c(Cl)cccc1NC(=O)COc1ccc(S(=O)(=O)NC(C)(C)C)cc1. The minimum Gasteiger partial charge on any atom is -0.484 e. The van der Waals surface area contributed by atoms with Gasteiger partial charge in [-0.05, 0) is 69.7 Å². The molecule has 2 N–H and O–H groups in total. The first-order valence-electron chi connectivity index (χ1n) is 8.30. The predicted molar refractivity (Wildman–Crippen MR) is 107 cm³/mol. The molecule has 0 unspecified atom stereocenters. The fraction of sp³-hybridized carbons (Fsp3) is 0.316. The van der Waals surface area contributed by atoms with Crippen molar-refractivity contribution in [2.75, 3.05) is 11.9 Å². The van der Waals surface area contributed by atoms with Crippen LogP contribution in [-0.2, 0) is 14.8 Å². The number of hydrogen-bond donors (Lipinski definition) is 2. The van der Waals surface area contributed by atoms with Crippen LogP contribution in [0.5, 0.6) is 5.75 Å². The van der Waals surface area contributed by atoms with Gasteiger partial charge in [-0.25, -0.2) is 13.1 Å². The Morgan fingerprint density at radius 3 is 2.33 bits per heavy atom. The van der Waals surface area contributed by atoms with E-state index >= 15 is 0 Å². The molecule has 2 rings (SSSR count). The lowest BCUT2D eigenvalue weighted by Crippen LogP contribution is -2.40. The number of benzene rings is 2. The van der Waals surface area contributed by atoms with E-state index in [2.05, 4.69) is 10.0 Å². The second-order valence-corrected chi connectivity index (χ2v) is 9.17. The molecule has 0 aliphatic heterocycles. The summed E-state index contributed by atoms with van der Waals surface area (Å²) in [5.74, 6) is 0.0501. The minimum atomic E-state index is -3.61. The molecular weight excluding hydrogens is 388 g/mol. The molecule has 0 atom stereocenters. The number of carbonyl (C=O) groups is 1. The molecule has 0 radical (unpaired) electrons. The summed E-state index contributed by atoms with van der Waals surface area (Å²) in [4.78, 5) is 12.2. The topological polar surface area (TPSA) is 84.5 Å². The van der Waals surface area contributed by atoms with Gasteiger partial charge in [0.05, 0.1) is 4.90 Å². The van der Waals surface area contributed by atoms with Gasteiger partial charge in [0.1, 0.15) is 5.75 Å². The van der Waals surface area contributed by atoms with Gasteiger partial charge in [-0.3, -0.25) is 4.79 Å². The number of carbonyl (C=O) groups excluding carboxylic acids is 1. The molecule has 0 aliphatic rings. The number of anilines is 1. The maximum atomic E-state index is 12.3. The van der Waals surface area contributed by atoms with E-state index in [0.717, 1.165) is 5.56 Å². The number of ether oxygens (including phenoxy) is 1. The molecule has 1 amide bonds. The lowest BCUT2D eigenvalue weighted by molar-refractivity contribution is -0.118. The number of hydrogen-bond acceptors (Lipinski definition) is 4. The van der Waals surface area contributed by atoms with Gasteiger partial charge in [-0.1, -0.05) is 17.7 Å². The lowest BCUT2D eigenvalue weighted by Gasteiger charge is -2.20. The Morgan fingerprint density at radius 2 is 1.74 bits per heavy atom. The van der Waals surface area contributed by atoms with Crippen molar-refractivity contribution in [2.45, 2.75) is 38.1 Å². The van der Waals surface area contributed by atoms with Gasteiger partial charge in [-0.15, -0.1) is 0 Å². The molecule has 6 nitrogen and oxygen atoms in total. The molecular formula is C19H23ClN2O4S. The van der Waals surface area contributed by atoms with Crippen molar-refractivity contribution < 1.29 is 17.9 Å². The van der Waals surface area contributed by atoms with Gasteiger partial charge >= 0.3 is 0 Å². The van der Waals surface area contributed by atoms with Crippen LogP contribution >= 0.6 is 11.6 Å². The van der Waals surface area contributed by atoms with E-state index in [-0.39, 0.29) is 17.4 Å². The summed E-state index contributed by atoms with van der Waals surface area (Å²) < 4.78 is 32.5. The highest BCUT2D eigenvalue weighted by Crippen LogP contribution is 2.23. The Bertz CT molecular complexity index is 920. The van der Waals surface area contributed by atoms with Crippen LogP contribution in [0.25, 0.3) is 0 Å². The zero-order valence-electron chi connectivity index (χ0n) is 15.7. The standard InChI is InChI=1S/C19H23ClN2O4S/c1-13-16(20)6-5-7-17(13)21-18(23)12-26-14-8-10-15(11-9-14)27(24,25)22-19(2,3)4/h5-11,22H,12H2,1-4H3,(H,21,23). The second kappa shape index (κ2) is 8.29. The molecule has 146 valence electrons. The van der Waals surface area contributed by atoms with E-state index in [1.54, 1.807) is 39.0 Å². The summed E-state index contributed by atoms with van der Waals surface area (Å²) in [5, 5.41) is 3.29. The van der Waals surface area contributed by atoms with Crippen LogP contribution in [-0.4, -0.2) is 26.5 Å². The molecule has 0 saturated carbocycles. The zero-order valence-corrected chi connectivity index (χ0v) is 17.2. The quantitative estimate of drug-likeness (QED) is 0.759. The average molecular weight is 411 g/mol. The van der Waals surface area contributed by atoms with E-state index in [1.165, 1.54) is 24.3 Å². The van der Waals surface area contributed by atoms with Gasteiger partial charge in [0.15, 0.2) is 6.61 Å². The largest absolute Gasteiger partial charge is 0.484 e. The van der Waals surface area contributed by atoms with Crippen molar-refractivity contribution in [3.05, 3.63) is 53.1 Å². The molecule has 0 saturated heterocycles. The Balaban J connectivity index is 1.97. The zero-order chi connectivity index (χ0) is 20.2. The van der Waals surface area contributed by atoms with Crippen molar-refractivity contribution in [3.8, 4) is 5.75 Å². The van der Waals surface area contributed by atoms with Crippen LogP contribution in [0.4, 0.5) is 5.69 Å². The lowest BCUT2D eigenvalue weighted by atomic mass is 10.1. The maximum absolute atomic E-state index is 12.3. The van der Waals surface area contributed by atoms with Crippen LogP contribution in [0, 0.1) is 6.92 Å². The fourth-order valence-corrected chi connectivity index (χ4v) is 3.85. The van der Waals surface area contributed by atoms with E-state index in [1.807, 2.05) is 6.92 Å². The van der Waals surface area contributed by atoms with Gasteiger partial charge in [0, 0.05) is 16.2 Å². The molecule has 27 heavy (non-hydrogen) atoms. The van der Waals surface area contributed by atoms with Gasteiger partial charge in [0.25, 0.3) is 5.91 Å². The Kier molecular flexibility index (Phi) is 6.51. The summed E-state index contributed by atoms with van der Waals surface area (Å²) in [6.07, 6.45) is 0. The smallest absolute Gasteiger partial charge is 0.262 e. The van der Waals surface area contributed by atoms with Crippen LogP contribution in [0.3, 0.4) is 0 Å². The van der Waals surface area contributed by atoms with Crippen LogP contribution < -0.4 is 14.8 Å². The summed E-state index contributed by atoms with van der Waals surface area (Å²) in [5.41, 5.74) is 0.809. The Morgan fingerprint density at radius 1 is 1.11 bits per heavy atom. The number of nitrogens with one attached hydrogen (secondary N) is 2. The molecule has 0 fully saturated rings. The summed E-state index contributed by atoms with van der Waals surface area (Å²) in [7, 11) is -3.61. The van der Waals surface area contributed by atoms with Crippen molar-refractivity contribution in [1.82, 2.24) is 4.72 Å². The van der Waals surface area contributed by atoms with Gasteiger partial charge in [0.2, 0.25) is 10.0 Å². The first-order chi connectivity index (χ1) is 12.5. The Hall–Kier alpha value is -2.09. The molecule has 8 heteroatoms. The first kappa shape index (κ1) is 21.2. The van der Waals surface area contributed by atoms with Crippen molar-refractivity contribution in [1.29, 1.82) is 0 Å². The van der Waals surface area contributed by atoms with E-state index in [0.29, 0.717) is 16.5 Å². The highest BCUT2D eigenvalue weighted by molar-refractivity contribution is 7.89. The average Bonchev–Trinajstić information content (AvgIpc) is 2.55. The van der Waals surface area contributed by atoms with Gasteiger partial charge in [-0.2, -0.15) is 0 Å². The summed E-state index contributed by atoms with van der Waals surface area (Å²) in [6.45, 7) is 6.90. The number of sulfonamides is 1. The highest BCUT2D eigenvalue weighted by Gasteiger charge is 2.21. The molecule has 2 aromatic rings. The van der Waals surface area contributed by atoms with Crippen LogP contribution in [0.15, 0.2) is 47.4 Å². The third kappa shape index (κ3) is 6.23. The molecule has 2 aromatic carbocycles. The highest BCUT2D eigenvalue weighted by atomic mass is 35.5. The maximum Gasteiger partial charge on any atom is 0.262 e. The third-order valence-corrected chi connectivity index (χ3v) is 5.67. The first-order valence-corrected chi connectivity index (χ1v) is 10.2.